The number of carbonyl (C=O) groups is 1. The molecule has 1 atom stereocenters. The van der Waals surface area contributed by atoms with Crippen LogP contribution in [-0.2, 0) is 9.53 Å². The second-order valence-corrected chi connectivity index (χ2v) is 7.68. The molecule has 0 fully saturated rings. The van der Waals surface area contributed by atoms with Crippen molar-refractivity contribution in [3.63, 3.8) is 0 Å². The Morgan fingerprint density at radius 2 is 2.03 bits per heavy atom. The second-order valence-electron chi connectivity index (χ2n) is 6.42. The van der Waals surface area contributed by atoms with Crippen molar-refractivity contribution in [2.24, 2.45) is 4.99 Å². The molecule has 0 aliphatic carbocycles. The Hall–Kier alpha value is -2.31. The lowest BCUT2D eigenvalue weighted by Gasteiger charge is -2.18. The van der Waals surface area contributed by atoms with E-state index in [1.54, 1.807) is 18.2 Å². The van der Waals surface area contributed by atoms with Gasteiger partial charge in [-0.2, -0.15) is 0 Å². The van der Waals surface area contributed by atoms with E-state index in [0.29, 0.717) is 34.3 Å². The van der Waals surface area contributed by atoms with Crippen molar-refractivity contribution in [3.8, 4) is 11.5 Å². The molecule has 0 radical (unpaired) electrons. The van der Waals surface area contributed by atoms with Gasteiger partial charge in [0, 0.05) is 4.47 Å². The van der Waals surface area contributed by atoms with E-state index in [0.717, 1.165) is 10.9 Å². The zero-order valence-corrected chi connectivity index (χ0v) is 18.7. The zero-order valence-electron chi connectivity index (χ0n) is 16.4. The number of carbonyl (C=O) groups excluding carboxylic acids is 1. The van der Waals surface area contributed by atoms with E-state index in [4.69, 9.17) is 25.8 Å². The van der Waals surface area contributed by atoms with Gasteiger partial charge in [-0.15, -0.1) is 0 Å². The predicted molar refractivity (Wildman–Crippen MR) is 118 cm³/mol. The van der Waals surface area contributed by atoms with Crippen LogP contribution < -0.4 is 9.47 Å². The van der Waals surface area contributed by atoms with E-state index >= 15 is 0 Å². The van der Waals surface area contributed by atoms with E-state index in [-0.39, 0.29) is 17.7 Å². The van der Waals surface area contributed by atoms with Crippen molar-refractivity contribution in [2.45, 2.75) is 33.3 Å². The third-order valence-corrected chi connectivity index (χ3v) is 5.23. The fourth-order valence-electron chi connectivity index (χ4n) is 2.65. The molecule has 2 aromatic carbocycles. The van der Waals surface area contributed by atoms with Crippen LogP contribution in [0, 0.1) is 0 Å². The number of halogens is 2. The Morgan fingerprint density at radius 3 is 2.72 bits per heavy atom. The summed E-state index contributed by atoms with van der Waals surface area (Å²) in [5.74, 6) is 0.747. The highest BCUT2D eigenvalue weighted by Gasteiger charge is 2.25. The first-order valence-electron chi connectivity index (χ1n) is 9.33. The summed E-state index contributed by atoms with van der Waals surface area (Å²) < 4.78 is 17.7. The van der Waals surface area contributed by atoms with Crippen LogP contribution in [0.3, 0.4) is 0 Å². The van der Waals surface area contributed by atoms with E-state index < -0.39 is 5.97 Å². The second kappa shape index (κ2) is 9.46. The van der Waals surface area contributed by atoms with Gasteiger partial charge < -0.3 is 14.2 Å². The lowest BCUT2D eigenvalue weighted by molar-refractivity contribution is -0.129. The lowest BCUT2D eigenvalue weighted by atomic mass is 10.1. The maximum Gasteiger partial charge on any atom is 0.363 e. The fraction of sp³-hybridized carbons (Fsp3) is 0.273. The molecule has 0 bridgehead atoms. The summed E-state index contributed by atoms with van der Waals surface area (Å²) in [6.07, 6.45) is 2.46. The maximum absolute atomic E-state index is 12.3. The summed E-state index contributed by atoms with van der Waals surface area (Å²) in [7, 11) is 0. The first kappa shape index (κ1) is 21.4. The summed E-state index contributed by atoms with van der Waals surface area (Å²) in [6.45, 7) is 6.34. The van der Waals surface area contributed by atoms with Gasteiger partial charge in [0.1, 0.15) is 0 Å². The molecule has 0 amide bonds. The predicted octanol–water partition coefficient (Wildman–Crippen LogP) is 6.02. The molecular weight excluding hydrogens is 458 g/mol. The fourth-order valence-corrected chi connectivity index (χ4v) is 3.37. The van der Waals surface area contributed by atoms with E-state index in [1.165, 1.54) is 0 Å². The highest BCUT2D eigenvalue weighted by atomic mass is 79.9. The van der Waals surface area contributed by atoms with Crippen molar-refractivity contribution in [2.75, 3.05) is 6.61 Å². The van der Waals surface area contributed by atoms with Gasteiger partial charge in [-0.3, -0.25) is 0 Å². The Labute approximate surface area is 183 Å². The van der Waals surface area contributed by atoms with Crippen molar-refractivity contribution in [1.29, 1.82) is 0 Å². The Balaban J connectivity index is 1.97. The molecule has 3 rings (SSSR count). The van der Waals surface area contributed by atoms with Gasteiger partial charge in [0.05, 0.1) is 23.3 Å². The van der Waals surface area contributed by atoms with Gasteiger partial charge in [0.2, 0.25) is 5.90 Å². The summed E-state index contributed by atoms with van der Waals surface area (Å²) in [4.78, 5) is 16.7. The Morgan fingerprint density at radius 1 is 1.28 bits per heavy atom. The maximum atomic E-state index is 12.3. The molecule has 1 heterocycles. The number of cyclic esters (lactones) is 1. The number of esters is 1. The molecule has 0 aromatic heterocycles. The number of aliphatic imine (C=N–C) groups is 1. The van der Waals surface area contributed by atoms with E-state index in [9.17, 15) is 4.79 Å². The molecule has 1 aliphatic heterocycles. The van der Waals surface area contributed by atoms with Crippen molar-refractivity contribution >= 4 is 45.5 Å². The molecule has 2 aromatic rings. The SMILES string of the molecule is CCOc1cc(/C=C2\N=C(c3ccccc3Br)OC2=O)cc(Cl)c1OC(C)CC. The van der Waals surface area contributed by atoms with Gasteiger partial charge >= 0.3 is 5.97 Å². The molecule has 1 aliphatic rings. The first-order valence-corrected chi connectivity index (χ1v) is 10.5. The third-order valence-electron chi connectivity index (χ3n) is 4.25. The van der Waals surface area contributed by atoms with Gasteiger partial charge in [0.25, 0.3) is 0 Å². The molecule has 152 valence electrons. The molecule has 0 N–H and O–H groups in total. The summed E-state index contributed by atoms with van der Waals surface area (Å²) in [6, 6.07) is 10.9. The average molecular weight is 479 g/mol. The molecular formula is C22H21BrClNO4. The molecule has 0 saturated carbocycles. The minimum absolute atomic E-state index is 0.00259. The number of hydrogen-bond acceptors (Lipinski definition) is 5. The largest absolute Gasteiger partial charge is 0.490 e. The van der Waals surface area contributed by atoms with Crippen LogP contribution in [0.1, 0.15) is 38.3 Å². The van der Waals surface area contributed by atoms with E-state index in [1.807, 2.05) is 45.0 Å². The highest BCUT2D eigenvalue weighted by Crippen LogP contribution is 2.38. The van der Waals surface area contributed by atoms with Crippen LogP contribution in [0.25, 0.3) is 6.08 Å². The molecule has 1 unspecified atom stereocenters. The first-order chi connectivity index (χ1) is 13.9. The Bertz CT molecular complexity index is 987. The standard InChI is InChI=1S/C22H21BrClNO4/c1-4-13(3)28-20-17(24)10-14(12-19(20)27-5-2)11-18-22(26)29-21(25-18)15-8-6-7-9-16(15)23/h6-13H,4-5H2,1-3H3/b18-11-. The van der Waals surface area contributed by atoms with Crippen molar-refractivity contribution < 1.29 is 19.0 Å². The monoisotopic (exact) mass is 477 g/mol. The van der Waals surface area contributed by atoms with Crippen LogP contribution in [0.4, 0.5) is 0 Å². The van der Waals surface area contributed by atoms with Crippen LogP contribution >= 0.6 is 27.5 Å². The van der Waals surface area contributed by atoms with Gasteiger partial charge in [-0.1, -0.05) is 30.7 Å². The van der Waals surface area contributed by atoms with Gasteiger partial charge in [0.15, 0.2) is 17.2 Å². The lowest BCUT2D eigenvalue weighted by Crippen LogP contribution is -2.11. The Kier molecular flexibility index (Phi) is 6.98. The zero-order chi connectivity index (χ0) is 21.0. The molecule has 29 heavy (non-hydrogen) atoms. The van der Waals surface area contributed by atoms with Crippen LogP contribution in [0.15, 0.2) is 51.6 Å². The number of hydrogen-bond donors (Lipinski definition) is 0. The van der Waals surface area contributed by atoms with Crippen LogP contribution in [-0.4, -0.2) is 24.6 Å². The number of nitrogens with zero attached hydrogens (tertiary/aromatic N) is 1. The third kappa shape index (κ3) is 5.00. The number of rotatable bonds is 7. The normalized spacial score (nSPS) is 15.8. The molecule has 7 heteroatoms. The minimum Gasteiger partial charge on any atom is -0.490 e. The van der Waals surface area contributed by atoms with Crippen molar-refractivity contribution in [3.05, 3.63) is 62.7 Å². The number of benzene rings is 2. The van der Waals surface area contributed by atoms with Crippen LogP contribution in [0.5, 0.6) is 11.5 Å². The van der Waals surface area contributed by atoms with E-state index in [2.05, 4.69) is 20.9 Å². The molecule has 0 saturated heterocycles. The summed E-state index contributed by atoms with van der Waals surface area (Å²) in [5.41, 5.74) is 1.55. The average Bonchev–Trinajstić information content (AvgIpc) is 3.05. The summed E-state index contributed by atoms with van der Waals surface area (Å²) >= 11 is 9.89. The van der Waals surface area contributed by atoms with Gasteiger partial charge in [-0.05, 0) is 72.1 Å². The van der Waals surface area contributed by atoms with Gasteiger partial charge in [-0.25, -0.2) is 9.79 Å². The smallest absolute Gasteiger partial charge is 0.363 e. The minimum atomic E-state index is -0.523. The number of ether oxygens (including phenoxy) is 3. The van der Waals surface area contributed by atoms with Crippen molar-refractivity contribution in [1.82, 2.24) is 0 Å². The quantitative estimate of drug-likeness (QED) is 0.360. The molecule has 5 nitrogen and oxygen atoms in total. The molecule has 0 spiro atoms. The highest BCUT2D eigenvalue weighted by molar-refractivity contribution is 9.10. The summed E-state index contributed by atoms with van der Waals surface area (Å²) in [5, 5.41) is 0.407. The van der Waals surface area contributed by atoms with Crippen LogP contribution in [0.2, 0.25) is 5.02 Å². The topological polar surface area (TPSA) is 57.1 Å².